The van der Waals surface area contributed by atoms with Crippen molar-refractivity contribution >= 4 is 11.6 Å². The summed E-state index contributed by atoms with van der Waals surface area (Å²) in [6.07, 6.45) is 1.03. The molecule has 0 N–H and O–H groups in total. The van der Waals surface area contributed by atoms with Crippen LogP contribution >= 0.6 is 11.6 Å². The van der Waals surface area contributed by atoms with Crippen molar-refractivity contribution in [2.24, 2.45) is 5.92 Å². The molecular formula is C14H21ClO. The second-order valence-electron chi connectivity index (χ2n) is 4.33. The Labute approximate surface area is 104 Å². The van der Waals surface area contributed by atoms with Gasteiger partial charge in [-0.3, -0.25) is 0 Å². The summed E-state index contributed by atoms with van der Waals surface area (Å²) in [4.78, 5) is 0. The normalized spacial score (nSPS) is 12.8. The molecular weight excluding hydrogens is 220 g/mol. The number of hydrogen-bond acceptors (Lipinski definition) is 1. The lowest BCUT2D eigenvalue weighted by Gasteiger charge is -2.20. The van der Waals surface area contributed by atoms with Crippen molar-refractivity contribution < 1.29 is 4.74 Å². The molecule has 0 fully saturated rings. The molecule has 1 aromatic rings. The Kier molecular flexibility index (Phi) is 5.68. The third-order valence-electron chi connectivity index (χ3n) is 2.84. The average molecular weight is 241 g/mol. The Morgan fingerprint density at radius 1 is 1.19 bits per heavy atom. The first-order chi connectivity index (χ1) is 7.69. The maximum absolute atomic E-state index is 5.85. The Balaban J connectivity index is 2.77. The Morgan fingerprint density at radius 3 is 2.25 bits per heavy atom. The highest BCUT2D eigenvalue weighted by Gasteiger charge is 2.14. The van der Waals surface area contributed by atoms with E-state index in [1.165, 1.54) is 5.56 Å². The summed E-state index contributed by atoms with van der Waals surface area (Å²) in [5.41, 5.74) is 1.36. The topological polar surface area (TPSA) is 9.23 Å². The summed E-state index contributed by atoms with van der Waals surface area (Å²) < 4.78 is 5.43. The van der Waals surface area contributed by atoms with Gasteiger partial charge in [-0.05, 0) is 42.9 Å². The lowest BCUT2D eigenvalue weighted by molar-refractivity contribution is 0.340. The smallest absolute Gasteiger partial charge is 0.119 e. The van der Waals surface area contributed by atoms with E-state index in [4.69, 9.17) is 16.3 Å². The Morgan fingerprint density at radius 2 is 1.81 bits per heavy atom. The molecule has 0 spiro atoms. The maximum Gasteiger partial charge on any atom is 0.119 e. The van der Waals surface area contributed by atoms with Gasteiger partial charge in [0.25, 0.3) is 0 Å². The van der Waals surface area contributed by atoms with Crippen molar-refractivity contribution in [3.05, 3.63) is 29.8 Å². The minimum Gasteiger partial charge on any atom is -0.494 e. The Hall–Kier alpha value is -0.690. The van der Waals surface area contributed by atoms with Gasteiger partial charge >= 0.3 is 0 Å². The quantitative estimate of drug-likeness (QED) is 0.668. The number of alkyl halides is 1. The van der Waals surface area contributed by atoms with E-state index in [1.54, 1.807) is 0 Å². The highest BCUT2D eigenvalue weighted by atomic mass is 35.5. The molecule has 0 saturated heterocycles. The van der Waals surface area contributed by atoms with Crippen LogP contribution in [0.1, 0.15) is 38.7 Å². The molecule has 1 rings (SSSR count). The van der Waals surface area contributed by atoms with Crippen LogP contribution in [0.2, 0.25) is 0 Å². The minimum atomic E-state index is 0.549. The van der Waals surface area contributed by atoms with E-state index in [9.17, 15) is 0 Å². The predicted molar refractivity (Wildman–Crippen MR) is 70.5 cm³/mol. The molecule has 0 bridgehead atoms. The fourth-order valence-corrected chi connectivity index (χ4v) is 2.22. The van der Waals surface area contributed by atoms with Crippen LogP contribution in [0.15, 0.2) is 24.3 Å². The van der Waals surface area contributed by atoms with Gasteiger partial charge in [-0.15, -0.1) is 11.6 Å². The van der Waals surface area contributed by atoms with Gasteiger partial charge in [-0.25, -0.2) is 0 Å². The van der Waals surface area contributed by atoms with Gasteiger partial charge in [0.05, 0.1) is 6.61 Å². The van der Waals surface area contributed by atoms with Crippen molar-refractivity contribution in [1.29, 1.82) is 0 Å². The van der Waals surface area contributed by atoms with E-state index < -0.39 is 0 Å². The van der Waals surface area contributed by atoms with Crippen LogP contribution in [0.3, 0.4) is 0 Å². The first-order valence-corrected chi connectivity index (χ1v) is 6.51. The molecule has 0 radical (unpaired) electrons. The molecule has 0 aliphatic rings. The first kappa shape index (κ1) is 13.4. The summed E-state index contributed by atoms with van der Waals surface area (Å²) in [6.45, 7) is 7.20. The fourth-order valence-electron chi connectivity index (χ4n) is 1.98. The zero-order valence-electron chi connectivity index (χ0n) is 10.4. The third-order valence-corrected chi connectivity index (χ3v) is 3.06. The van der Waals surface area contributed by atoms with Gasteiger partial charge in [0.1, 0.15) is 5.75 Å². The van der Waals surface area contributed by atoms with Crippen molar-refractivity contribution in [1.82, 2.24) is 0 Å². The van der Waals surface area contributed by atoms with E-state index in [1.807, 2.05) is 19.1 Å². The number of benzene rings is 1. The lowest BCUT2D eigenvalue weighted by atomic mass is 9.86. The largest absolute Gasteiger partial charge is 0.494 e. The summed E-state index contributed by atoms with van der Waals surface area (Å²) in [6, 6.07) is 8.40. The van der Waals surface area contributed by atoms with E-state index in [0.717, 1.165) is 18.1 Å². The van der Waals surface area contributed by atoms with Crippen molar-refractivity contribution in [2.75, 3.05) is 12.5 Å². The molecule has 1 nitrogen and oxygen atoms in total. The second-order valence-corrected chi connectivity index (χ2v) is 4.71. The summed E-state index contributed by atoms with van der Waals surface area (Å²) in [5, 5.41) is 0. The molecule has 16 heavy (non-hydrogen) atoms. The highest BCUT2D eigenvalue weighted by Crippen LogP contribution is 2.29. The summed E-state index contributed by atoms with van der Waals surface area (Å²) >= 11 is 5.85. The lowest BCUT2D eigenvalue weighted by Crippen LogP contribution is -2.07. The van der Waals surface area contributed by atoms with E-state index in [0.29, 0.717) is 18.4 Å². The van der Waals surface area contributed by atoms with E-state index in [-0.39, 0.29) is 0 Å². The van der Waals surface area contributed by atoms with Crippen LogP contribution in [0.25, 0.3) is 0 Å². The molecule has 1 aromatic carbocycles. The van der Waals surface area contributed by atoms with Crippen molar-refractivity contribution in [3.8, 4) is 5.75 Å². The third kappa shape index (κ3) is 3.71. The van der Waals surface area contributed by atoms with Crippen LogP contribution in [0, 0.1) is 5.92 Å². The molecule has 0 saturated carbocycles. The fraction of sp³-hybridized carbons (Fsp3) is 0.571. The monoisotopic (exact) mass is 240 g/mol. The van der Waals surface area contributed by atoms with Crippen LogP contribution in [0.4, 0.5) is 0 Å². The van der Waals surface area contributed by atoms with Gasteiger partial charge in [0.15, 0.2) is 0 Å². The van der Waals surface area contributed by atoms with Crippen LogP contribution in [-0.4, -0.2) is 12.5 Å². The van der Waals surface area contributed by atoms with Crippen molar-refractivity contribution in [3.63, 3.8) is 0 Å². The molecule has 0 aromatic heterocycles. The molecule has 90 valence electrons. The summed E-state index contributed by atoms with van der Waals surface area (Å²) in [7, 11) is 0. The number of hydrogen-bond donors (Lipinski definition) is 0. The zero-order chi connectivity index (χ0) is 12.0. The summed E-state index contributed by atoms with van der Waals surface area (Å²) in [5.74, 6) is 2.83. The molecule has 2 heteroatoms. The average Bonchev–Trinajstić information content (AvgIpc) is 2.27. The maximum atomic E-state index is 5.85. The van der Waals surface area contributed by atoms with Crippen LogP contribution in [-0.2, 0) is 0 Å². The van der Waals surface area contributed by atoms with E-state index >= 15 is 0 Å². The minimum absolute atomic E-state index is 0.549. The first-order valence-electron chi connectivity index (χ1n) is 5.97. The molecule has 0 amide bonds. The molecule has 0 aliphatic carbocycles. The molecule has 1 atom stereocenters. The van der Waals surface area contributed by atoms with Gasteiger partial charge in [0, 0.05) is 5.88 Å². The molecule has 0 aliphatic heterocycles. The Bertz CT molecular complexity index is 292. The van der Waals surface area contributed by atoms with Gasteiger partial charge < -0.3 is 4.74 Å². The van der Waals surface area contributed by atoms with Crippen LogP contribution < -0.4 is 4.74 Å². The SMILES string of the molecule is CCOc1ccc(C(CCCl)C(C)C)cc1. The van der Waals surface area contributed by atoms with Crippen molar-refractivity contribution in [2.45, 2.75) is 33.1 Å². The molecule has 1 unspecified atom stereocenters. The van der Waals surface area contributed by atoms with E-state index in [2.05, 4.69) is 26.0 Å². The van der Waals surface area contributed by atoms with Crippen LogP contribution in [0.5, 0.6) is 5.75 Å². The highest BCUT2D eigenvalue weighted by molar-refractivity contribution is 6.17. The molecule has 0 heterocycles. The van der Waals surface area contributed by atoms with Gasteiger partial charge in [-0.2, -0.15) is 0 Å². The number of ether oxygens (including phenoxy) is 1. The second kappa shape index (κ2) is 6.80. The number of halogens is 1. The standard InChI is InChI=1S/C14H21ClO/c1-4-16-13-7-5-12(6-8-13)14(9-10-15)11(2)3/h5-8,11,14H,4,9-10H2,1-3H3. The predicted octanol–water partition coefficient (Wildman–Crippen LogP) is 4.45. The number of rotatable bonds is 6. The zero-order valence-corrected chi connectivity index (χ0v) is 11.1. The van der Waals surface area contributed by atoms with Gasteiger partial charge in [0.2, 0.25) is 0 Å². The van der Waals surface area contributed by atoms with Gasteiger partial charge in [-0.1, -0.05) is 26.0 Å².